The van der Waals surface area contributed by atoms with Crippen LogP contribution in [-0.2, 0) is 9.47 Å². The average Bonchev–Trinajstić information content (AvgIpc) is 3.24. The summed E-state index contributed by atoms with van der Waals surface area (Å²) in [6.07, 6.45) is 1.81. The highest BCUT2D eigenvalue weighted by Crippen LogP contribution is 2.29. The molecular formula is C22H25FN6O4S. The van der Waals surface area contributed by atoms with Crippen LogP contribution in [0.2, 0.25) is 0 Å². The molecule has 2 amide bonds. The number of likely N-dealkylation sites (N-methyl/N-ethyl adjacent to an activating group) is 1. The van der Waals surface area contributed by atoms with Crippen LogP contribution in [0, 0.1) is 12.7 Å². The van der Waals surface area contributed by atoms with Gasteiger partial charge in [0.1, 0.15) is 11.5 Å². The van der Waals surface area contributed by atoms with Crippen LogP contribution in [0.25, 0.3) is 0 Å². The number of aromatic nitrogens is 2. The molecule has 0 bridgehead atoms. The van der Waals surface area contributed by atoms with E-state index in [1.54, 1.807) is 37.2 Å². The van der Waals surface area contributed by atoms with Gasteiger partial charge in [0, 0.05) is 39.4 Å². The largest absolute Gasteiger partial charge is 0.474 e. The average molecular weight is 489 g/mol. The fourth-order valence-electron chi connectivity index (χ4n) is 3.86. The van der Waals surface area contributed by atoms with Crippen LogP contribution in [0.4, 0.5) is 20.6 Å². The van der Waals surface area contributed by atoms with Gasteiger partial charge in [0.2, 0.25) is 0 Å². The van der Waals surface area contributed by atoms with Crippen molar-refractivity contribution in [2.75, 3.05) is 56.7 Å². The van der Waals surface area contributed by atoms with Crippen LogP contribution >= 0.6 is 12.2 Å². The van der Waals surface area contributed by atoms with E-state index >= 15 is 4.39 Å². The molecular weight excluding hydrogens is 463 g/mol. The van der Waals surface area contributed by atoms with Crippen molar-refractivity contribution in [2.45, 2.75) is 13.2 Å². The molecule has 2 aliphatic rings. The van der Waals surface area contributed by atoms with Crippen molar-refractivity contribution in [3.8, 4) is 0 Å². The van der Waals surface area contributed by atoms with Crippen molar-refractivity contribution in [1.29, 1.82) is 0 Å². The highest BCUT2D eigenvalue weighted by Gasteiger charge is 2.36. The minimum atomic E-state index is -0.633. The lowest BCUT2D eigenvalue weighted by Crippen LogP contribution is -2.49. The summed E-state index contributed by atoms with van der Waals surface area (Å²) in [6.45, 7) is 3.78. The van der Waals surface area contributed by atoms with E-state index in [0.717, 1.165) is 5.69 Å². The van der Waals surface area contributed by atoms with E-state index in [4.69, 9.17) is 21.7 Å². The Hall–Kier alpha value is -3.54. The Labute approximate surface area is 201 Å². The zero-order chi connectivity index (χ0) is 24.4. The molecule has 12 heteroatoms. The van der Waals surface area contributed by atoms with Crippen molar-refractivity contribution < 1.29 is 23.5 Å². The summed E-state index contributed by atoms with van der Waals surface area (Å²) < 4.78 is 25.4. The quantitative estimate of drug-likeness (QED) is 0.600. The summed E-state index contributed by atoms with van der Waals surface area (Å²) >= 11 is 5.07. The number of cyclic esters (lactones) is 1. The van der Waals surface area contributed by atoms with Crippen LogP contribution in [0.5, 0.6) is 0 Å². The SMILES string of the molecule is COC(=S)N(C)C1CN(c2ccc(N3CCN(C(=O)c4cnc(C)cn4)CC3)c(F)c2)C(=O)O1. The molecule has 0 spiro atoms. The standard InChI is InChI=1S/C22H25FN6O4S/c1-14-11-25-17(12-24-14)20(30)28-8-6-27(7-9-28)18-5-4-15(10-16(18)23)29-13-19(33-21(29)31)26(2)22(34)32-3/h4-5,10-12,19H,6-9,13H2,1-3H3. The van der Waals surface area contributed by atoms with E-state index in [1.165, 1.54) is 29.2 Å². The number of thiocarbonyl (C=S) groups is 1. The number of carbonyl (C=O) groups excluding carboxylic acids is 2. The molecule has 0 saturated carbocycles. The van der Waals surface area contributed by atoms with Gasteiger partial charge in [0.25, 0.3) is 11.1 Å². The van der Waals surface area contributed by atoms with Gasteiger partial charge in [-0.1, -0.05) is 0 Å². The molecule has 1 atom stereocenters. The number of ether oxygens (including phenoxy) is 2. The monoisotopic (exact) mass is 488 g/mol. The molecule has 10 nitrogen and oxygen atoms in total. The summed E-state index contributed by atoms with van der Waals surface area (Å²) in [7, 11) is 3.10. The molecule has 3 heterocycles. The minimum absolute atomic E-state index is 0.181. The Morgan fingerprint density at radius 3 is 2.59 bits per heavy atom. The molecule has 0 aliphatic carbocycles. The van der Waals surface area contributed by atoms with Crippen LogP contribution in [0.15, 0.2) is 30.6 Å². The summed E-state index contributed by atoms with van der Waals surface area (Å²) in [6, 6.07) is 4.63. The lowest BCUT2D eigenvalue weighted by Gasteiger charge is -2.36. The first kappa shape index (κ1) is 23.6. The second-order valence-electron chi connectivity index (χ2n) is 7.99. The third kappa shape index (κ3) is 4.72. The van der Waals surface area contributed by atoms with Crippen LogP contribution < -0.4 is 9.80 Å². The number of aryl methyl sites for hydroxylation is 1. The zero-order valence-corrected chi connectivity index (χ0v) is 19.9. The maximum Gasteiger partial charge on any atom is 0.416 e. The van der Waals surface area contributed by atoms with Crippen molar-refractivity contribution in [3.63, 3.8) is 0 Å². The normalized spacial score (nSPS) is 18.1. The fourth-order valence-corrected chi connectivity index (χ4v) is 3.98. The lowest BCUT2D eigenvalue weighted by molar-refractivity contribution is 0.0677. The van der Waals surface area contributed by atoms with Crippen LogP contribution in [0.1, 0.15) is 16.2 Å². The van der Waals surface area contributed by atoms with E-state index < -0.39 is 18.1 Å². The molecule has 2 saturated heterocycles. The highest BCUT2D eigenvalue weighted by atomic mass is 32.1. The molecule has 2 fully saturated rings. The summed E-state index contributed by atoms with van der Waals surface area (Å²) in [5.74, 6) is -0.651. The van der Waals surface area contributed by atoms with Crippen molar-refractivity contribution >= 4 is 40.8 Å². The molecule has 1 unspecified atom stereocenters. The van der Waals surface area contributed by atoms with E-state index in [1.807, 2.05) is 4.90 Å². The number of carbonyl (C=O) groups is 2. The van der Waals surface area contributed by atoms with Gasteiger partial charge >= 0.3 is 6.09 Å². The van der Waals surface area contributed by atoms with Gasteiger partial charge in [0.05, 0.1) is 36.9 Å². The van der Waals surface area contributed by atoms with Gasteiger partial charge in [-0.2, -0.15) is 0 Å². The molecule has 0 radical (unpaired) electrons. The van der Waals surface area contributed by atoms with E-state index in [9.17, 15) is 9.59 Å². The number of amides is 2. The molecule has 34 heavy (non-hydrogen) atoms. The third-order valence-corrected chi connectivity index (χ3v) is 6.30. The first-order valence-electron chi connectivity index (χ1n) is 10.7. The fraction of sp³-hybridized carbons (Fsp3) is 0.409. The van der Waals surface area contributed by atoms with Crippen LogP contribution in [0.3, 0.4) is 0 Å². The molecule has 2 aliphatic heterocycles. The Morgan fingerprint density at radius 1 is 1.24 bits per heavy atom. The number of benzene rings is 1. The molecule has 2 aromatic rings. The zero-order valence-electron chi connectivity index (χ0n) is 19.1. The lowest BCUT2D eigenvalue weighted by atomic mass is 10.2. The topological polar surface area (TPSA) is 91.3 Å². The minimum Gasteiger partial charge on any atom is -0.474 e. The number of anilines is 2. The van der Waals surface area contributed by atoms with Gasteiger partial charge in [-0.25, -0.2) is 14.2 Å². The van der Waals surface area contributed by atoms with Gasteiger partial charge < -0.3 is 19.3 Å². The maximum absolute atomic E-state index is 15.0. The number of rotatable bonds is 4. The number of hydrogen-bond acceptors (Lipinski definition) is 8. The first-order valence-corrected chi connectivity index (χ1v) is 11.1. The Balaban J connectivity index is 1.39. The first-order chi connectivity index (χ1) is 16.3. The van der Waals surface area contributed by atoms with Gasteiger partial charge in [-0.05, 0) is 37.3 Å². The molecule has 4 rings (SSSR count). The van der Waals surface area contributed by atoms with Gasteiger partial charge in [0.15, 0.2) is 6.23 Å². The second-order valence-corrected chi connectivity index (χ2v) is 8.34. The molecule has 1 aromatic heterocycles. The smallest absolute Gasteiger partial charge is 0.416 e. The predicted octanol–water partition coefficient (Wildman–Crippen LogP) is 2.03. The summed E-state index contributed by atoms with van der Waals surface area (Å²) in [5.41, 5.74) is 1.83. The number of hydrogen-bond donors (Lipinski definition) is 0. The number of halogens is 1. The second kappa shape index (κ2) is 9.75. The predicted molar refractivity (Wildman–Crippen MR) is 126 cm³/mol. The Bertz CT molecular complexity index is 1090. The summed E-state index contributed by atoms with van der Waals surface area (Å²) in [4.78, 5) is 39.7. The molecule has 0 N–H and O–H groups in total. The maximum atomic E-state index is 15.0. The molecule has 180 valence electrons. The Kier molecular flexibility index (Phi) is 6.77. The third-order valence-electron chi connectivity index (χ3n) is 5.84. The van der Waals surface area contributed by atoms with Crippen LogP contribution in [-0.4, -0.2) is 90.1 Å². The number of nitrogens with zero attached hydrogens (tertiary/aromatic N) is 6. The number of piperazine rings is 1. The van der Waals surface area contributed by atoms with Gasteiger partial charge in [-0.3, -0.25) is 19.6 Å². The Morgan fingerprint density at radius 2 is 1.97 bits per heavy atom. The summed E-state index contributed by atoms with van der Waals surface area (Å²) in [5, 5.41) is 0.188. The van der Waals surface area contributed by atoms with Gasteiger partial charge in [-0.15, -0.1) is 0 Å². The van der Waals surface area contributed by atoms with E-state index in [-0.39, 0.29) is 17.6 Å². The van der Waals surface area contributed by atoms with E-state index in [0.29, 0.717) is 43.2 Å². The van der Waals surface area contributed by atoms with Crippen molar-refractivity contribution in [1.82, 2.24) is 19.8 Å². The highest BCUT2D eigenvalue weighted by molar-refractivity contribution is 7.80. The van der Waals surface area contributed by atoms with Crippen molar-refractivity contribution in [3.05, 3.63) is 47.8 Å². The van der Waals surface area contributed by atoms with E-state index in [2.05, 4.69) is 9.97 Å². The molecule has 1 aromatic carbocycles. The van der Waals surface area contributed by atoms with Crippen molar-refractivity contribution in [2.24, 2.45) is 0 Å². The number of methoxy groups -OCH3 is 1.